The predicted molar refractivity (Wildman–Crippen MR) is 60.6 cm³/mol. The van der Waals surface area contributed by atoms with Crippen molar-refractivity contribution in [2.75, 3.05) is 18.4 Å². The van der Waals surface area contributed by atoms with Crippen LogP contribution in [-0.2, 0) is 0 Å². The third kappa shape index (κ3) is 2.32. The van der Waals surface area contributed by atoms with E-state index in [0.717, 1.165) is 25.9 Å². The van der Waals surface area contributed by atoms with Gasteiger partial charge in [0, 0.05) is 6.04 Å². The Morgan fingerprint density at radius 3 is 2.62 bits per heavy atom. The van der Waals surface area contributed by atoms with Gasteiger partial charge in [0.2, 0.25) is 0 Å². The Morgan fingerprint density at radius 1 is 1.25 bits per heavy atom. The number of hydrogen-bond donors (Lipinski definition) is 2. The van der Waals surface area contributed by atoms with Gasteiger partial charge in [0.25, 0.3) is 0 Å². The lowest BCUT2D eigenvalue weighted by Crippen LogP contribution is -2.35. The lowest BCUT2D eigenvalue weighted by atomic mass is 10.1. The van der Waals surface area contributed by atoms with Crippen LogP contribution in [0.1, 0.15) is 18.4 Å². The summed E-state index contributed by atoms with van der Waals surface area (Å²) in [6.07, 6.45) is 1.79. The van der Waals surface area contributed by atoms with Crippen molar-refractivity contribution in [1.29, 1.82) is 0 Å². The third-order valence-electron chi connectivity index (χ3n) is 2.97. The number of aryl methyl sites for hydroxylation is 1. The molecule has 1 aliphatic heterocycles. The molecule has 0 radical (unpaired) electrons. The van der Waals surface area contributed by atoms with Crippen molar-refractivity contribution in [2.45, 2.75) is 25.8 Å². The predicted octanol–water partition coefficient (Wildman–Crippen LogP) is 2.44. The molecule has 0 bridgehead atoms. The Kier molecular flexibility index (Phi) is 3.39. The molecular weight excluding hydrogens is 210 g/mol. The van der Waals surface area contributed by atoms with E-state index in [4.69, 9.17) is 0 Å². The van der Waals surface area contributed by atoms with Gasteiger partial charge in [-0.3, -0.25) is 0 Å². The molecule has 2 rings (SSSR count). The summed E-state index contributed by atoms with van der Waals surface area (Å²) in [7, 11) is 0. The van der Waals surface area contributed by atoms with Gasteiger partial charge < -0.3 is 10.6 Å². The zero-order chi connectivity index (χ0) is 11.5. The van der Waals surface area contributed by atoms with Gasteiger partial charge in [-0.25, -0.2) is 8.78 Å². The van der Waals surface area contributed by atoms with Gasteiger partial charge in [0.15, 0.2) is 5.82 Å². The summed E-state index contributed by atoms with van der Waals surface area (Å²) in [5, 5.41) is 6.18. The highest BCUT2D eigenvalue weighted by atomic mass is 19.1. The molecule has 4 heteroatoms. The van der Waals surface area contributed by atoms with Crippen LogP contribution < -0.4 is 10.6 Å². The average Bonchev–Trinajstić information content (AvgIpc) is 2.31. The quantitative estimate of drug-likeness (QED) is 0.809. The molecule has 2 nitrogen and oxygen atoms in total. The van der Waals surface area contributed by atoms with E-state index in [1.165, 1.54) is 12.1 Å². The first-order chi connectivity index (χ1) is 7.68. The van der Waals surface area contributed by atoms with Crippen molar-refractivity contribution in [1.82, 2.24) is 5.32 Å². The maximum atomic E-state index is 13.7. The maximum absolute atomic E-state index is 13.7. The number of anilines is 1. The van der Waals surface area contributed by atoms with E-state index in [-0.39, 0.29) is 11.7 Å². The van der Waals surface area contributed by atoms with Gasteiger partial charge in [-0.15, -0.1) is 0 Å². The van der Waals surface area contributed by atoms with Gasteiger partial charge in [0.05, 0.1) is 0 Å². The van der Waals surface area contributed by atoms with Crippen molar-refractivity contribution < 1.29 is 8.78 Å². The van der Waals surface area contributed by atoms with E-state index in [1.807, 2.05) is 0 Å². The van der Waals surface area contributed by atoms with Gasteiger partial charge in [-0.2, -0.15) is 0 Å². The topological polar surface area (TPSA) is 24.1 Å². The first-order valence-electron chi connectivity index (χ1n) is 5.60. The van der Waals surface area contributed by atoms with Crippen LogP contribution >= 0.6 is 0 Å². The monoisotopic (exact) mass is 226 g/mol. The van der Waals surface area contributed by atoms with Crippen molar-refractivity contribution in [2.24, 2.45) is 0 Å². The second-order valence-corrected chi connectivity index (χ2v) is 4.22. The number of halogens is 2. The molecule has 88 valence electrons. The molecule has 0 atom stereocenters. The molecule has 0 aromatic heterocycles. The molecule has 1 fully saturated rings. The summed E-state index contributed by atoms with van der Waals surface area (Å²) >= 11 is 0. The molecule has 1 saturated heterocycles. The SMILES string of the molecule is Cc1ccc(F)c(NC2CCNCC2)c1F. The lowest BCUT2D eigenvalue weighted by molar-refractivity contribution is 0.473. The van der Waals surface area contributed by atoms with E-state index in [9.17, 15) is 8.78 Å². The van der Waals surface area contributed by atoms with Gasteiger partial charge in [-0.1, -0.05) is 6.07 Å². The molecule has 0 amide bonds. The van der Waals surface area contributed by atoms with Crippen molar-refractivity contribution in [3.63, 3.8) is 0 Å². The molecule has 0 saturated carbocycles. The van der Waals surface area contributed by atoms with Crippen molar-refractivity contribution >= 4 is 5.69 Å². The number of rotatable bonds is 2. The van der Waals surface area contributed by atoms with Gasteiger partial charge >= 0.3 is 0 Å². The first-order valence-corrected chi connectivity index (χ1v) is 5.60. The van der Waals surface area contributed by atoms with Crippen LogP contribution in [0.5, 0.6) is 0 Å². The van der Waals surface area contributed by atoms with E-state index in [2.05, 4.69) is 10.6 Å². The fourth-order valence-electron chi connectivity index (χ4n) is 1.96. The number of hydrogen-bond acceptors (Lipinski definition) is 2. The molecule has 0 aliphatic carbocycles. The molecule has 0 spiro atoms. The Labute approximate surface area is 94.0 Å². The van der Waals surface area contributed by atoms with Crippen LogP contribution in [0.3, 0.4) is 0 Å². The number of nitrogens with one attached hydrogen (secondary N) is 2. The molecular formula is C12H16F2N2. The summed E-state index contributed by atoms with van der Waals surface area (Å²) in [5.41, 5.74) is 0.490. The second-order valence-electron chi connectivity index (χ2n) is 4.22. The highest BCUT2D eigenvalue weighted by Crippen LogP contribution is 2.23. The van der Waals surface area contributed by atoms with Crippen LogP contribution in [0.4, 0.5) is 14.5 Å². The van der Waals surface area contributed by atoms with Crippen molar-refractivity contribution in [3.05, 3.63) is 29.3 Å². The van der Waals surface area contributed by atoms with E-state index >= 15 is 0 Å². The average molecular weight is 226 g/mol. The third-order valence-corrected chi connectivity index (χ3v) is 2.97. The Hall–Kier alpha value is -1.16. The Bertz CT molecular complexity index is 374. The second kappa shape index (κ2) is 4.78. The Balaban J connectivity index is 2.16. The van der Waals surface area contributed by atoms with Crippen LogP contribution in [0, 0.1) is 18.6 Å². The standard InChI is InChI=1S/C12H16F2N2/c1-8-2-3-10(13)12(11(8)14)16-9-4-6-15-7-5-9/h2-3,9,15-16H,4-7H2,1H3. The van der Waals surface area contributed by atoms with Crippen LogP contribution in [-0.4, -0.2) is 19.1 Å². The molecule has 0 unspecified atom stereocenters. The zero-order valence-corrected chi connectivity index (χ0v) is 9.32. The molecule has 1 aromatic carbocycles. The normalized spacial score (nSPS) is 17.4. The summed E-state index contributed by atoms with van der Waals surface area (Å²) < 4.78 is 27.2. The number of benzene rings is 1. The van der Waals surface area contributed by atoms with E-state index < -0.39 is 11.6 Å². The molecule has 1 aliphatic rings. The van der Waals surface area contributed by atoms with Crippen molar-refractivity contribution in [3.8, 4) is 0 Å². The maximum Gasteiger partial charge on any atom is 0.152 e. The molecule has 1 heterocycles. The highest BCUT2D eigenvalue weighted by molar-refractivity contribution is 5.49. The summed E-state index contributed by atoms with van der Waals surface area (Å²) in [4.78, 5) is 0. The molecule has 2 N–H and O–H groups in total. The smallest absolute Gasteiger partial charge is 0.152 e. The minimum Gasteiger partial charge on any atom is -0.377 e. The van der Waals surface area contributed by atoms with E-state index in [0.29, 0.717) is 5.56 Å². The van der Waals surface area contributed by atoms with Gasteiger partial charge in [0.1, 0.15) is 11.5 Å². The van der Waals surface area contributed by atoms with Gasteiger partial charge in [-0.05, 0) is 44.5 Å². The summed E-state index contributed by atoms with van der Waals surface area (Å²) in [6.45, 7) is 3.43. The first kappa shape index (κ1) is 11.3. The van der Waals surface area contributed by atoms with E-state index in [1.54, 1.807) is 6.92 Å². The fraction of sp³-hybridized carbons (Fsp3) is 0.500. The largest absolute Gasteiger partial charge is 0.377 e. The summed E-state index contributed by atoms with van der Waals surface area (Å²) in [6, 6.07) is 2.92. The van der Waals surface area contributed by atoms with Crippen LogP contribution in [0.2, 0.25) is 0 Å². The number of piperidine rings is 1. The minimum atomic E-state index is -0.512. The lowest BCUT2D eigenvalue weighted by Gasteiger charge is -2.25. The summed E-state index contributed by atoms with van der Waals surface area (Å²) in [5.74, 6) is -0.986. The molecule has 16 heavy (non-hydrogen) atoms. The van der Waals surface area contributed by atoms with Crippen LogP contribution in [0.25, 0.3) is 0 Å². The minimum absolute atomic E-state index is 0.0203. The molecule has 1 aromatic rings. The highest BCUT2D eigenvalue weighted by Gasteiger charge is 2.17. The zero-order valence-electron chi connectivity index (χ0n) is 9.32. The van der Waals surface area contributed by atoms with Crippen LogP contribution in [0.15, 0.2) is 12.1 Å². The Morgan fingerprint density at radius 2 is 1.94 bits per heavy atom. The fourth-order valence-corrected chi connectivity index (χ4v) is 1.96.